The SMILES string of the molecule is O=C(CCCN1C(=O)c2cccc3cccc(c23)C1=O)Nc1nnc2ccccn12. The minimum atomic E-state index is -0.326. The van der Waals surface area contributed by atoms with Gasteiger partial charge in [0.2, 0.25) is 11.9 Å². The van der Waals surface area contributed by atoms with Crippen LogP contribution in [0.2, 0.25) is 0 Å². The molecule has 0 saturated heterocycles. The van der Waals surface area contributed by atoms with E-state index in [4.69, 9.17) is 0 Å². The molecule has 2 aromatic carbocycles. The van der Waals surface area contributed by atoms with Gasteiger partial charge in [-0.25, -0.2) is 0 Å². The van der Waals surface area contributed by atoms with Crippen LogP contribution in [-0.2, 0) is 4.79 Å². The van der Waals surface area contributed by atoms with Gasteiger partial charge in [-0.05, 0) is 36.1 Å². The summed E-state index contributed by atoms with van der Waals surface area (Å²) in [5.41, 5.74) is 1.66. The Hall–Kier alpha value is -4.07. The number of carbonyl (C=O) groups is 3. The third-order valence-electron chi connectivity index (χ3n) is 5.21. The van der Waals surface area contributed by atoms with Gasteiger partial charge in [0.05, 0.1) is 0 Å². The molecule has 8 heteroatoms. The number of nitrogens with one attached hydrogen (secondary N) is 1. The molecule has 5 rings (SSSR count). The number of nitrogens with zero attached hydrogens (tertiary/aromatic N) is 4. The number of carbonyl (C=O) groups excluding carboxylic acids is 3. The number of amides is 3. The number of aromatic nitrogens is 3. The second-order valence-electron chi connectivity index (χ2n) is 7.08. The standard InChI is InChI=1S/C22H17N5O3/c28-18(23-22-25-24-17-10-1-2-12-26(17)22)11-5-13-27-20(29)15-8-3-6-14-7-4-9-16(19(14)15)21(27)30/h1-4,6-10,12H,5,11,13H2,(H,23,25,28). The van der Waals surface area contributed by atoms with E-state index in [1.54, 1.807) is 28.8 Å². The summed E-state index contributed by atoms with van der Waals surface area (Å²) in [4.78, 5) is 39.3. The molecular formula is C22H17N5O3. The van der Waals surface area contributed by atoms with Crippen LogP contribution in [0.15, 0.2) is 60.8 Å². The molecule has 1 aliphatic heterocycles. The highest BCUT2D eigenvalue weighted by Gasteiger charge is 2.32. The molecule has 0 aliphatic carbocycles. The van der Waals surface area contributed by atoms with Crippen molar-refractivity contribution >= 4 is 40.1 Å². The molecule has 3 heterocycles. The van der Waals surface area contributed by atoms with Crippen LogP contribution in [0, 0.1) is 0 Å². The van der Waals surface area contributed by atoms with E-state index in [0.717, 1.165) is 5.39 Å². The highest BCUT2D eigenvalue weighted by Crippen LogP contribution is 2.30. The van der Waals surface area contributed by atoms with E-state index in [2.05, 4.69) is 15.5 Å². The predicted molar refractivity (Wildman–Crippen MR) is 110 cm³/mol. The van der Waals surface area contributed by atoms with Crippen molar-refractivity contribution in [2.24, 2.45) is 0 Å². The molecule has 0 radical (unpaired) electrons. The maximum atomic E-state index is 12.9. The van der Waals surface area contributed by atoms with Gasteiger partial charge in [-0.3, -0.25) is 29.0 Å². The van der Waals surface area contributed by atoms with Gasteiger partial charge in [0.25, 0.3) is 11.8 Å². The summed E-state index contributed by atoms with van der Waals surface area (Å²) in [6.07, 6.45) is 2.25. The average Bonchev–Trinajstić information content (AvgIpc) is 3.17. The Morgan fingerprint density at radius 3 is 2.37 bits per heavy atom. The minimum absolute atomic E-state index is 0.144. The summed E-state index contributed by atoms with van der Waals surface area (Å²) >= 11 is 0. The number of benzene rings is 2. The quantitative estimate of drug-likeness (QED) is 0.521. The summed E-state index contributed by atoms with van der Waals surface area (Å²) in [7, 11) is 0. The Morgan fingerprint density at radius 2 is 1.63 bits per heavy atom. The predicted octanol–water partition coefficient (Wildman–Crippen LogP) is 2.90. The van der Waals surface area contributed by atoms with Crippen LogP contribution in [0.1, 0.15) is 33.6 Å². The van der Waals surface area contributed by atoms with Crippen molar-refractivity contribution in [1.29, 1.82) is 0 Å². The van der Waals surface area contributed by atoms with E-state index < -0.39 is 0 Å². The van der Waals surface area contributed by atoms with Crippen molar-refractivity contribution in [2.75, 3.05) is 11.9 Å². The number of imide groups is 1. The smallest absolute Gasteiger partial charge is 0.261 e. The highest BCUT2D eigenvalue weighted by molar-refractivity contribution is 6.25. The molecule has 3 amide bonds. The van der Waals surface area contributed by atoms with Gasteiger partial charge in [0.15, 0.2) is 5.65 Å². The van der Waals surface area contributed by atoms with Crippen LogP contribution in [0.25, 0.3) is 16.4 Å². The molecule has 148 valence electrons. The van der Waals surface area contributed by atoms with Gasteiger partial charge in [0.1, 0.15) is 0 Å². The molecule has 0 spiro atoms. The Kier molecular flexibility index (Phi) is 4.24. The first-order chi connectivity index (χ1) is 14.6. The summed E-state index contributed by atoms with van der Waals surface area (Å²) < 4.78 is 1.67. The fraction of sp³-hybridized carbons (Fsp3) is 0.136. The van der Waals surface area contributed by atoms with E-state index in [-0.39, 0.29) is 30.7 Å². The van der Waals surface area contributed by atoms with Gasteiger partial charge in [-0.15, -0.1) is 10.2 Å². The largest absolute Gasteiger partial charge is 0.294 e. The zero-order valence-electron chi connectivity index (χ0n) is 15.9. The molecule has 0 bridgehead atoms. The van der Waals surface area contributed by atoms with Crippen LogP contribution in [-0.4, -0.2) is 43.8 Å². The van der Waals surface area contributed by atoms with Gasteiger partial charge >= 0.3 is 0 Å². The zero-order valence-corrected chi connectivity index (χ0v) is 15.9. The molecule has 0 fully saturated rings. The van der Waals surface area contributed by atoms with Crippen molar-refractivity contribution in [2.45, 2.75) is 12.8 Å². The van der Waals surface area contributed by atoms with E-state index in [1.807, 2.05) is 36.4 Å². The van der Waals surface area contributed by atoms with Gasteiger partial charge < -0.3 is 0 Å². The van der Waals surface area contributed by atoms with Crippen LogP contribution in [0.3, 0.4) is 0 Å². The number of fused-ring (bicyclic) bond motifs is 1. The van der Waals surface area contributed by atoms with E-state index in [9.17, 15) is 14.4 Å². The van der Waals surface area contributed by atoms with Crippen molar-refractivity contribution in [3.05, 3.63) is 71.9 Å². The fourth-order valence-electron chi connectivity index (χ4n) is 3.80. The Balaban J connectivity index is 1.27. The van der Waals surface area contributed by atoms with E-state index in [1.165, 1.54) is 4.90 Å². The summed E-state index contributed by atoms with van der Waals surface area (Å²) in [6.45, 7) is 0.163. The fourth-order valence-corrected chi connectivity index (χ4v) is 3.80. The molecule has 1 aliphatic rings. The molecule has 8 nitrogen and oxygen atoms in total. The highest BCUT2D eigenvalue weighted by atomic mass is 16.2. The minimum Gasteiger partial charge on any atom is -0.294 e. The number of anilines is 1. The van der Waals surface area contributed by atoms with Crippen LogP contribution < -0.4 is 5.32 Å². The lowest BCUT2D eigenvalue weighted by atomic mass is 9.94. The maximum absolute atomic E-state index is 12.9. The van der Waals surface area contributed by atoms with Crippen molar-refractivity contribution in [3.63, 3.8) is 0 Å². The normalized spacial score (nSPS) is 13.3. The summed E-state index contributed by atoms with van der Waals surface area (Å²) in [5, 5.41) is 12.2. The van der Waals surface area contributed by atoms with Crippen molar-refractivity contribution in [1.82, 2.24) is 19.5 Å². The van der Waals surface area contributed by atoms with Crippen LogP contribution >= 0.6 is 0 Å². The first-order valence-electron chi connectivity index (χ1n) is 9.61. The summed E-state index contributed by atoms with van der Waals surface area (Å²) in [5.74, 6) is -0.574. The van der Waals surface area contributed by atoms with E-state index >= 15 is 0 Å². The first kappa shape index (κ1) is 18.0. The molecule has 0 saturated carbocycles. The topological polar surface area (TPSA) is 96.7 Å². The molecule has 30 heavy (non-hydrogen) atoms. The maximum Gasteiger partial charge on any atom is 0.261 e. The lowest BCUT2D eigenvalue weighted by molar-refractivity contribution is -0.116. The average molecular weight is 399 g/mol. The lowest BCUT2D eigenvalue weighted by Crippen LogP contribution is -2.41. The Bertz CT molecular complexity index is 1280. The van der Waals surface area contributed by atoms with E-state index in [0.29, 0.717) is 34.5 Å². The Labute approximate surface area is 171 Å². The zero-order chi connectivity index (χ0) is 20.7. The molecule has 4 aromatic rings. The van der Waals surface area contributed by atoms with Gasteiger partial charge in [-0.1, -0.05) is 30.3 Å². The number of pyridine rings is 1. The summed E-state index contributed by atoms with van der Waals surface area (Å²) in [6, 6.07) is 16.3. The molecule has 1 N–H and O–H groups in total. The third-order valence-corrected chi connectivity index (χ3v) is 5.21. The third kappa shape index (κ3) is 2.89. The molecule has 0 atom stereocenters. The molecule has 2 aromatic heterocycles. The first-order valence-corrected chi connectivity index (χ1v) is 9.61. The lowest BCUT2D eigenvalue weighted by Gasteiger charge is -2.27. The number of hydrogen-bond acceptors (Lipinski definition) is 5. The van der Waals surface area contributed by atoms with Crippen molar-refractivity contribution in [3.8, 4) is 0 Å². The second kappa shape index (κ2) is 7.07. The number of rotatable bonds is 5. The Morgan fingerprint density at radius 1 is 0.900 bits per heavy atom. The van der Waals surface area contributed by atoms with Crippen LogP contribution in [0.5, 0.6) is 0 Å². The second-order valence-corrected chi connectivity index (χ2v) is 7.08. The molecular weight excluding hydrogens is 382 g/mol. The van der Waals surface area contributed by atoms with Crippen LogP contribution in [0.4, 0.5) is 5.95 Å². The van der Waals surface area contributed by atoms with Gasteiger partial charge in [-0.2, -0.15) is 0 Å². The molecule has 0 unspecified atom stereocenters. The van der Waals surface area contributed by atoms with Gasteiger partial charge in [0, 0.05) is 35.7 Å². The van der Waals surface area contributed by atoms with Crippen molar-refractivity contribution < 1.29 is 14.4 Å². The number of hydrogen-bond donors (Lipinski definition) is 1. The monoisotopic (exact) mass is 399 g/mol.